The standard InChI is InChI=1S/C14H17N3O6S/c1-16-8-12(13(18)17(2)14(16)19)24(20,21)15-10-7-9(22-3)5-6-11(10)23-4/h5-8,15H,1-4H3. The van der Waals surface area contributed by atoms with Crippen LogP contribution in [0.1, 0.15) is 0 Å². The second kappa shape index (κ2) is 6.40. The molecular formula is C14H17N3O6S. The number of sulfonamides is 1. The molecule has 24 heavy (non-hydrogen) atoms. The van der Waals surface area contributed by atoms with Crippen molar-refractivity contribution in [3.63, 3.8) is 0 Å². The molecule has 0 aliphatic heterocycles. The highest BCUT2D eigenvalue weighted by Gasteiger charge is 2.23. The fourth-order valence-corrected chi connectivity index (χ4v) is 3.28. The van der Waals surface area contributed by atoms with Crippen molar-refractivity contribution in [2.75, 3.05) is 18.9 Å². The Morgan fingerprint density at radius 2 is 1.75 bits per heavy atom. The number of benzene rings is 1. The van der Waals surface area contributed by atoms with E-state index in [4.69, 9.17) is 9.47 Å². The Hall–Kier alpha value is -2.75. The average molecular weight is 355 g/mol. The number of aromatic nitrogens is 2. The molecule has 0 saturated heterocycles. The molecule has 0 aliphatic rings. The van der Waals surface area contributed by atoms with Gasteiger partial charge in [-0.25, -0.2) is 13.2 Å². The highest BCUT2D eigenvalue weighted by Crippen LogP contribution is 2.30. The summed E-state index contributed by atoms with van der Waals surface area (Å²) >= 11 is 0. The molecule has 10 heteroatoms. The van der Waals surface area contributed by atoms with Crippen LogP contribution in [0.4, 0.5) is 5.69 Å². The number of nitrogens with one attached hydrogen (secondary N) is 1. The summed E-state index contributed by atoms with van der Waals surface area (Å²) in [7, 11) is 1.13. The molecule has 1 aromatic heterocycles. The normalized spacial score (nSPS) is 11.2. The van der Waals surface area contributed by atoms with Gasteiger partial charge in [-0.1, -0.05) is 0 Å². The third kappa shape index (κ3) is 3.13. The van der Waals surface area contributed by atoms with Gasteiger partial charge >= 0.3 is 5.69 Å². The Balaban J connectivity index is 2.58. The number of ether oxygens (including phenoxy) is 2. The van der Waals surface area contributed by atoms with Crippen LogP contribution in [0.5, 0.6) is 11.5 Å². The first-order valence-corrected chi connectivity index (χ1v) is 8.21. The van der Waals surface area contributed by atoms with E-state index < -0.39 is 26.2 Å². The van der Waals surface area contributed by atoms with Gasteiger partial charge in [0, 0.05) is 26.4 Å². The van der Waals surface area contributed by atoms with E-state index in [9.17, 15) is 18.0 Å². The number of nitrogens with zero attached hydrogens (tertiary/aromatic N) is 2. The van der Waals surface area contributed by atoms with Crippen molar-refractivity contribution in [2.45, 2.75) is 4.90 Å². The van der Waals surface area contributed by atoms with E-state index in [1.165, 1.54) is 40.4 Å². The minimum absolute atomic E-state index is 0.104. The van der Waals surface area contributed by atoms with Gasteiger partial charge in [-0.2, -0.15) is 0 Å². The van der Waals surface area contributed by atoms with E-state index in [2.05, 4.69) is 4.72 Å². The first kappa shape index (κ1) is 17.6. The van der Waals surface area contributed by atoms with E-state index in [0.29, 0.717) is 5.75 Å². The predicted molar refractivity (Wildman–Crippen MR) is 87.3 cm³/mol. The molecule has 1 N–H and O–H groups in total. The van der Waals surface area contributed by atoms with E-state index in [1.807, 2.05) is 0 Å². The lowest BCUT2D eigenvalue weighted by Crippen LogP contribution is -2.40. The van der Waals surface area contributed by atoms with Crippen LogP contribution in [0, 0.1) is 0 Å². The molecule has 0 saturated carbocycles. The molecule has 0 bridgehead atoms. The number of methoxy groups -OCH3 is 2. The number of hydrogen-bond donors (Lipinski definition) is 1. The van der Waals surface area contributed by atoms with Crippen LogP contribution >= 0.6 is 0 Å². The molecule has 1 heterocycles. The van der Waals surface area contributed by atoms with Crippen molar-refractivity contribution in [3.8, 4) is 11.5 Å². The van der Waals surface area contributed by atoms with Gasteiger partial charge in [0.05, 0.1) is 19.9 Å². The van der Waals surface area contributed by atoms with Gasteiger partial charge in [0.25, 0.3) is 15.6 Å². The van der Waals surface area contributed by atoms with Gasteiger partial charge in [-0.15, -0.1) is 0 Å². The lowest BCUT2D eigenvalue weighted by Gasteiger charge is -2.13. The summed E-state index contributed by atoms with van der Waals surface area (Å²) in [6.07, 6.45) is 0.972. The van der Waals surface area contributed by atoms with Crippen LogP contribution in [0.25, 0.3) is 0 Å². The van der Waals surface area contributed by atoms with Crippen molar-refractivity contribution in [2.24, 2.45) is 14.1 Å². The Labute approximate surface area is 138 Å². The maximum Gasteiger partial charge on any atom is 0.330 e. The summed E-state index contributed by atoms with van der Waals surface area (Å²) in [5.74, 6) is 0.655. The van der Waals surface area contributed by atoms with Crippen LogP contribution < -0.4 is 25.4 Å². The van der Waals surface area contributed by atoms with Crippen molar-refractivity contribution in [1.29, 1.82) is 0 Å². The van der Waals surface area contributed by atoms with E-state index in [0.717, 1.165) is 15.3 Å². The number of hydrogen-bond acceptors (Lipinski definition) is 6. The highest BCUT2D eigenvalue weighted by molar-refractivity contribution is 7.92. The molecule has 0 unspecified atom stereocenters. The topological polar surface area (TPSA) is 109 Å². The zero-order chi connectivity index (χ0) is 18.1. The lowest BCUT2D eigenvalue weighted by atomic mass is 10.3. The van der Waals surface area contributed by atoms with Crippen LogP contribution in [0.3, 0.4) is 0 Å². The summed E-state index contributed by atoms with van der Waals surface area (Å²) in [6.45, 7) is 0. The maximum absolute atomic E-state index is 12.6. The monoisotopic (exact) mass is 355 g/mol. The van der Waals surface area contributed by atoms with Gasteiger partial charge in [0.2, 0.25) is 0 Å². The minimum Gasteiger partial charge on any atom is -0.497 e. The quantitative estimate of drug-likeness (QED) is 0.802. The van der Waals surface area contributed by atoms with Crippen molar-refractivity contribution >= 4 is 15.7 Å². The second-order valence-corrected chi connectivity index (χ2v) is 6.57. The minimum atomic E-state index is -4.24. The van der Waals surface area contributed by atoms with Crippen LogP contribution in [-0.4, -0.2) is 31.8 Å². The third-order valence-electron chi connectivity index (χ3n) is 3.36. The third-order valence-corrected chi connectivity index (χ3v) is 4.70. The molecule has 0 fully saturated rings. The molecule has 130 valence electrons. The van der Waals surface area contributed by atoms with Crippen molar-refractivity contribution < 1.29 is 17.9 Å². The SMILES string of the molecule is COc1ccc(OC)c(NS(=O)(=O)c2cn(C)c(=O)n(C)c2=O)c1. The van der Waals surface area contributed by atoms with Gasteiger partial charge in [-0.3, -0.25) is 14.1 Å². The Morgan fingerprint density at radius 3 is 2.33 bits per heavy atom. The largest absolute Gasteiger partial charge is 0.497 e. The number of rotatable bonds is 5. The van der Waals surface area contributed by atoms with Gasteiger partial charge in [0.15, 0.2) is 4.90 Å². The van der Waals surface area contributed by atoms with Crippen LogP contribution in [-0.2, 0) is 24.1 Å². The van der Waals surface area contributed by atoms with Crippen molar-refractivity contribution in [3.05, 3.63) is 45.2 Å². The van der Waals surface area contributed by atoms with E-state index in [1.54, 1.807) is 6.07 Å². The number of anilines is 1. The van der Waals surface area contributed by atoms with Gasteiger partial charge in [0.1, 0.15) is 11.5 Å². The number of aryl methyl sites for hydroxylation is 1. The highest BCUT2D eigenvalue weighted by atomic mass is 32.2. The fraction of sp³-hybridized carbons (Fsp3) is 0.286. The summed E-state index contributed by atoms with van der Waals surface area (Å²) in [5, 5.41) is 0. The summed E-state index contributed by atoms with van der Waals surface area (Å²) in [6, 6.07) is 4.54. The average Bonchev–Trinajstić information content (AvgIpc) is 2.55. The molecule has 0 aliphatic carbocycles. The van der Waals surface area contributed by atoms with E-state index >= 15 is 0 Å². The second-order valence-electron chi connectivity index (χ2n) is 4.92. The van der Waals surface area contributed by atoms with Gasteiger partial charge in [-0.05, 0) is 12.1 Å². The zero-order valence-corrected chi connectivity index (χ0v) is 14.4. The Kier molecular flexibility index (Phi) is 4.69. The Morgan fingerprint density at radius 1 is 1.08 bits per heavy atom. The summed E-state index contributed by atoms with van der Waals surface area (Å²) in [4.78, 5) is 23.3. The first-order chi connectivity index (χ1) is 11.2. The van der Waals surface area contributed by atoms with Gasteiger partial charge < -0.3 is 14.0 Å². The molecule has 2 rings (SSSR count). The lowest BCUT2D eigenvalue weighted by molar-refractivity contribution is 0.405. The smallest absolute Gasteiger partial charge is 0.330 e. The summed E-state index contributed by atoms with van der Waals surface area (Å²) in [5.41, 5.74) is -1.45. The van der Waals surface area contributed by atoms with E-state index in [-0.39, 0.29) is 11.4 Å². The van der Waals surface area contributed by atoms with Crippen molar-refractivity contribution in [1.82, 2.24) is 9.13 Å². The molecule has 2 aromatic rings. The molecule has 1 aromatic carbocycles. The molecule has 9 nitrogen and oxygen atoms in total. The fourth-order valence-electron chi connectivity index (χ4n) is 2.05. The molecule has 0 spiro atoms. The maximum atomic E-state index is 12.6. The van der Waals surface area contributed by atoms with Crippen LogP contribution in [0.2, 0.25) is 0 Å². The zero-order valence-electron chi connectivity index (χ0n) is 13.6. The Bertz CT molecular complexity index is 991. The molecule has 0 amide bonds. The van der Waals surface area contributed by atoms with Crippen LogP contribution in [0.15, 0.2) is 38.9 Å². The molecule has 0 atom stereocenters. The molecule has 0 radical (unpaired) electrons. The predicted octanol–water partition coefficient (Wildman–Crippen LogP) is -0.0980. The first-order valence-electron chi connectivity index (χ1n) is 6.72. The summed E-state index contributed by atoms with van der Waals surface area (Å²) < 4.78 is 39.3. The molecular weight excluding hydrogens is 338 g/mol.